The Morgan fingerprint density at radius 3 is 2.42 bits per heavy atom. The van der Waals surface area contributed by atoms with Gasteiger partial charge in [-0.3, -0.25) is 9.69 Å². The highest BCUT2D eigenvalue weighted by atomic mass is 16.3. The minimum atomic E-state index is -0.119. The molecular weight excluding hydrogens is 302 g/mol. The van der Waals surface area contributed by atoms with Crippen molar-refractivity contribution in [3.63, 3.8) is 0 Å². The summed E-state index contributed by atoms with van der Waals surface area (Å²) < 4.78 is 0. The maximum Gasteiger partial charge on any atom is 0.234 e. The number of aliphatic hydroxyl groups is 1. The van der Waals surface area contributed by atoms with Gasteiger partial charge in [0.1, 0.15) is 0 Å². The molecule has 3 rings (SSSR count). The van der Waals surface area contributed by atoms with Gasteiger partial charge < -0.3 is 15.7 Å². The van der Waals surface area contributed by atoms with Crippen LogP contribution in [0.1, 0.15) is 36.8 Å². The molecule has 0 atom stereocenters. The third-order valence-electron chi connectivity index (χ3n) is 4.89. The van der Waals surface area contributed by atoms with Gasteiger partial charge in [-0.1, -0.05) is 24.3 Å². The molecule has 1 aromatic carbocycles. The lowest BCUT2D eigenvalue weighted by Crippen LogP contribution is -2.35. The zero-order valence-corrected chi connectivity index (χ0v) is 14.3. The van der Waals surface area contributed by atoms with Gasteiger partial charge in [-0.2, -0.15) is 0 Å². The van der Waals surface area contributed by atoms with Gasteiger partial charge in [0.15, 0.2) is 0 Å². The Bertz CT molecular complexity index is 520. The highest BCUT2D eigenvalue weighted by Crippen LogP contribution is 2.27. The van der Waals surface area contributed by atoms with Crippen LogP contribution in [0.25, 0.3) is 0 Å². The van der Waals surface area contributed by atoms with Crippen LogP contribution in [0, 0.1) is 5.92 Å². The predicted molar refractivity (Wildman–Crippen MR) is 94.4 cm³/mol. The average Bonchev–Trinajstić information content (AvgIpc) is 3.41. The molecule has 5 heteroatoms. The Hall–Kier alpha value is -1.43. The quantitative estimate of drug-likeness (QED) is 0.671. The minimum Gasteiger partial charge on any atom is -0.393 e. The molecule has 1 heterocycles. The fourth-order valence-electron chi connectivity index (χ4n) is 3.07. The molecule has 1 aromatic rings. The van der Waals surface area contributed by atoms with Crippen molar-refractivity contribution in [2.75, 3.05) is 26.2 Å². The van der Waals surface area contributed by atoms with E-state index in [9.17, 15) is 9.90 Å². The van der Waals surface area contributed by atoms with E-state index in [2.05, 4.69) is 39.8 Å². The molecule has 1 amide bonds. The standard InChI is InChI=1S/C19H29N3O2/c23-18-7-9-22(10-8-18)14-17-5-3-16(4-6-17)12-21-19(24)13-20-11-15-1-2-15/h3-6,15,18,20,23H,1-2,7-14H2,(H,21,24). The van der Waals surface area contributed by atoms with Crippen molar-refractivity contribution >= 4 is 5.91 Å². The summed E-state index contributed by atoms with van der Waals surface area (Å²) >= 11 is 0. The number of hydrogen-bond acceptors (Lipinski definition) is 4. The summed E-state index contributed by atoms with van der Waals surface area (Å²) in [5, 5.41) is 15.7. The second-order valence-corrected chi connectivity index (χ2v) is 7.17. The van der Waals surface area contributed by atoms with Crippen LogP contribution in [0.15, 0.2) is 24.3 Å². The molecule has 0 unspecified atom stereocenters. The van der Waals surface area contributed by atoms with E-state index in [0.29, 0.717) is 13.1 Å². The first-order chi connectivity index (χ1) is 11.7. The van der Waals surface area contributed by atoms with Gasteiger partial charge in [0.2, 0.25) is 5.91 Å². The van der Waals surface area contributed by atoms with Crippen LogP contribution in [0.3, 0.4) is 0 Å². The zero-order valence-electron chi connectivity index (χ0n) is 14.3. The molecule has 1 saturated heterocycles. The molecule has 1 saturated carbocycles. The van der Waals surface area contributed by atoms with E-state index in [-0.39, 0.29) is 12.0 Å². The number of nitrogens with zero attached hydrogens (tertiary/aromatic N) is 1. The molecule has 1 aliphatic carbocycles. The number of amides is 1. The van der Waals surface area contributed by atoms with E-state index in [4.69, 9.17) is 0 Å². The van der Waals surface area contributed by atoms with E-state index in [0.717, 1.165) is 50.5 Å². The summed E-state index contributed by atoms with van der Waals surface area (Å²) in [7, 11) is 0. The van der Waals surface area contributed by atoms with Crippen molar-refractivity contribution < 1.29 is 9.90 Å². The lowest BCUT2D eigenvalue weighted by Gasteiger charge is -2.29. The summed E-state index contributed by atoms with van der Waals surface area (Å²) in [6.07, 6.45) is 4.24. The summed E-state index contributed by atoms with van der Waals surface area (Å²) in [4.78, 5) is 14.2. The van der Waals surface area contributed by atoms with Crippen LogP contribution in [-0.2, 0) is 17.9 Å². The summed E-state index contributed by atoms with van der Waals surface area (Å²) in [5.74, 6) is 0.861. The van der Waals surface area contributed by atoms with Crippen LogP contribution < -0.4 is 10.6 Å². The fourth-order valence-corrected chi connectivity index (χ4v) is 3.07. The molecule has 0 spiro atoms. The Balaban J connectivity index is 1.35. The van der Waals surface area contributed by atoms with Crippen LogP contribution in [0.2, 0.25) is 0 Å². The van der Waals surface area contributed by atoms with Crippen molar-refractivity contribution in [1.82, 2.24) is 15.5 Å². The third kappa shape index (κ3) is 5.89. The number of benzene rings is 1. The van der Waals surface area contributed by atoms with Gasteiger partial charge in [0.25, 0.3) is 0 Å². The van der Waals surface area contributed by atoms with E-state index >= 15 is 0 Å². The van der Waals surface area contributed by atoms with E-state index in [1.807, 2.05) is 0 Å². The Morgan fingerprint density at radius 1 is 1.08 bits per heavy atom. The number of rotatable bonds is 8. The largest absolute Gasteiger partial charge is 0.393 e. The van der Waals surface area contributed by atoms with E-state index in [1.165, 1.54) is 18.4 Å². The van der Waals surface area contributed by atoms with E-state index in [1.54, 1.807) is 0 Å². The molecule has 132 valence electrons. The molecule has 2 aliphatic rings. The smallest absolute Gasteiger partial charge is 0.234 e. The maximum atomic E-state index is 11.8. The molecule has 2 fully saturated rings. The van der Waals surface area contributed by atoms with Gasteiger partial charge in [-0.05, 0) is 49.3 Å². The van der Waals surface area contributed by atoms with Crippen molar-refractivity contribution in [2.45, 2.75) is 44.9 Å². The lowest BCUT2D eigenvalue weighted by atomic mass is 10.1. The van der Waals surface area contributed by atoms with Crippen molar-refractivity contribution in [1.29, 1.82) is 0 Å². The Morgan fingerprint density at radius 2 is 1.75 bits per heavy atom. The number of nitrogens with one attached hydrogen (secondary N) is 2. The van der Waals surface area contributed by atoms with Crippen molar-refractivity contribution in [2.24, 2.45) is 5.92 Å². The predicted octanol–water partition coefficient (Wildman–Crippen LogP) is 1.26. The van der Waals surface area contributed by atoms with Gasteiger partial charge in [-0.15, -0.1) is 0 Å². The first kappa shape index (κ1) is 17.4. The number of aliphatic hydroxyl groups excluding tert-OH is 1. The lowest BCUT2D eigenvalue weighted by molar-refractivity contribution is -0.120. The second kappa shape index (κ2) is 8.60. The van der Waals surface area contributed by atoms with Gasteiger partial charge in [0.05, 0.1) is 12.6 Å². The molecule has 5 nitrogen and oxygen atoms in total. The number of likely N-dealkylation sites (tertiary alicyclic amines) is 1. The number of piperidine rings is 1. The summed E-state index contributed by atoms with van der Waals surface area (Å²) in [6.45, 7) is 4.83. The average molecular weight is 331 g/mol. The minimum absolute atomic E-state index is 0.0617. The maximum absolute atomic E-state index is 11.8. The molecule has 0 radical (unpaired) electrons. The summed E-state index contributed by atoms with van der Waals surface area (Å²) in [6, 6.07) is 8.45. The Labute approximate surface area is 144 Å². The van der Waals surface area contributed by atoms with Crippen LogP contribution in [-0.4, -0.2) is 48.2 Å². The molecule has 3 N–H and O–H groups in total. The van der Waals surface area contributed by atoms with Gasteiger partial charge >= 0.3 is 0 Å². The van der Waals surface area contributed by atoms with Crippen LogP contribution in [0.4, 0.5) is 0 Å². The highest BCUT2D eigenvalue weighted by Gasteiger charge is 2.20. The van der Waals surface area contributed by atoms with E-state index < -0.39 is 0 Å². The second-order valence-electron chi connectivity index (χ2n) is 7.17. The zero-order chi connectivity index (χ0) is 16.8. The van der Waals surface area contributed by atoms with Gasteiger partial charge in [-0.25, -0.2) is 0 Å². The SMILES string of the molecule is O=C(CNCC1CC1)NCc1ccc(CN2CCC(O)CC2)cc1. The molecule has 1 aliphatic heterocycles. The highest BCUT2D eigenvalue weighted by molar-refractivity contribution is 5.77. The topological polar surface area (TPSA) is 64.6 Å². The monoisotopic (exact) mass is 331 g/mol. The normalized spacial score (nSPS) is 19.4. The molecule has 0 aromatic heterocycles. The number of carbonyl (C=O) groups excluding carboxylic acids is 1. The first-order valence-electron chi connectivity index (χ1n) is 9.14. The van der Waals surface area contributed by atoms with Crippen molar-refractivity contribution in [3.05, 3.63) is 35.4 Å². The Kier molecular flexibility index (Phi) is 6.24. The van der Waals surface area contributed by atoms with Crippen LogP contribution >= 0.6 is 0 Å². The van der Waals surface area contributed by atoms with Crippen molar-refractivity contribution in [3.8, 4) is 0 Å². The summed E-state index contributed by atoms with van der Waals surface area (Å²) in [5.41, 5.74) is 2.41. The fraction of sp³-hybridized carbons (Fsp3) is 0.632. The van der Waals surface area contributed by atoms with Gasteiger partial charge in [0, 0.05) is 26.2 Å². The third-order valence-corrected chi connectivity index (χ3v) is 4.89. The van der Waals surface area contributed by atoms with Crippen LogP contribution in [0.5, 0.6) is 0 Å². The number of carbonyl (C=O) groups is 1. The first-order valence-corrected chi connectivity index (χ1v) is 9.14. The number of hydrogen-bond donors (Lipinski definition) is 3. The molecular formula is C19H29N3O2. The molecule has 24 heavy (non-hydrogen) atoms. The molecule has 0 bridgehead atoms.